The van der Waals surface area contributed by atoms with Gasteiger partial charge in [0.05, 0.1) is 33.1 Å². The molecule has 0 atom stereocenters. The largest absolute Gasteiger partial charge is 0.497 e. The maximum absolute atomic E-state index is 12.1. The Labute approximate surface area is 175 Å². The van der Waals surface area contributed by atoms with Gasteiger partial charge in [0.25, 0.3) is 0 Å². The van der Waals surface area contributed by atoms with E-state index in [0.717, 1.165) is 16.9 Å². The molecule has 2 aromatic rings. The van der Waals surface area contributed by atoms with E-state index in [1.165, 1.54) is 0 Å². The summed E-state index contributed by atoms with van der Waals surface area (Å²) in [5.41, 5.74) is 1.19. The molecule has 1 heterocycles. The first kappa shape index (κ1) is 22.1. The average molecular weight is 473 g/mol. The molecule has 0 bridgehead atoms. The molecule has 1 aromatic heterocycles. The molecular weight excluding hydrogens is 452 g/mol. The second-order valence-electron chi connectivity index (χ2n) is 5.68. The Hall–Kier alpha value is -2.17. The van der Waals surface area contributed by atoms with Crippen molar-refractivity contribution >= 4 is 39.2 Å². The number of aromatic nitrogens is 1. The summed E-state index contributed by atoms with van der Waals surface area (Å²) in [6, 6.07) is 5.38. The Balaban J connectivity index is 2.30. The van der Waals surface area contributed by atoms with Crippen LogP contribution in [0.15, 0.2) is 22.1 Å². The number of hydrogen-bond acceptors (Lipinski definition) is 8. The first-order chi connectivity index (χ1) is 13.4. The van der Waals surface area contributed by atoms with Gasteiger partial charge in [-0.05, 0) is 28.9 Å². The minimum absolute atomic E-state index is 0.0166. The van der Waals surface area contributed by atoms with Crippen LogP contribution >= 0.6 is 27.3 Å². The van der Waals surface area contributed by atoms with Crippen molar-refractivity contribution in [3.63, 3.8) is 0 Å². The van der Waals surface area contributed by atoms with Crippen molar-refractivity contribution in [2.75, 3.05) is 27.4 Å². The van der Waals surface area contributed by atoms with Crippen molar-refractivity contribution < 1.29 is 28.9 Å². The molecule has 1 aromatic carbocycles. The molecule has 0 saturated carbocycles. The van der Waals surface area contributed by atoms with Crippen LogP contribution in [0.2, 0.25) is 0 Å². The van der Waals surface area contributed by atoms with E-state index in [4.69, 9.17) is 14.2 Å². The summed E-state index contributed by atoms with van der Waals surface area (Å²) >= 11 is 4.26. The number of carbonyl (C=O) groups is 2. The van der Waals surface area contributed by atoms with Crippen LogP contribution in [-0.4, -0.2) is 54.3 Å². The van der Waals surface area contributed by atoms with Crippen molar-refractivity contribution in [3.05, 3.63) is 38.3 Å². The van der Waals surface area contributed by atoms with Gasteiger partial charge in [-0.1, -0.05) is 17.4 Å². The van der Waals surface area contributed by atoms with Gasteiger partial charge in [-0.2, -0.15) is 0 Å². The Morgan fingerprint density at radius 2 is 2.00 bits per heavy atom. The summed E-state index contributed by atoms with van der Waals surface area (Å²) in [5.74, 6) is -0.210. The molecule has 0 saturated heterocycles. The monoisotopic (exact) mass is 472 g/mol. The number of carboxylic acid groups (broad SMARTS) is 1. The van der Waals surface area contributed by atoms with Gasteiger partial charge >= 0.3 is 11.9 Å². The molecule has 152 valence electrons. The van der Waals surface area contributed by atoms with Gasteiger partial charge in [0.2, 0.25) is 0 Å². The first-order valence-corrected chi connectivity index (χ1v) is 9.96. The van der Waals surface area contributed by atoms with Gasteiger partial charge < -0.3 is 19.3 Å². The highest BCUT2D eigenvalue weighted by Gasteiger charge is 2.22. The van der Waals surface area contributed by atoms with Crippen molar-refractivity contribution in [2.24, 2.45) is 0 Å². The molecule has 0 spiro atoms. The number of nitrogens with zero attached hydrogens (tertiary/aromatic N) is 2. The van der Waals surface area contributed by atoms with Crippen LogP contribution in [0.1, 0.15) is 27.9 Å². The third-order valence-corrected chi connectivity index (χ3v) is 5.32. The maximum atomic E-state index is 12.1. The molecular formula is C18H21BrN2O6S. The van der Waals surface area contributed by atoms with E-state index in [2.05, 4.69) is 20.9 Å². The summed E-state index contributed by atoms with van der Waals surface area (Å²) in [6.07, 6.45) is 0. The smallest absolute Gasteiger partial charge is 0.347 e. The van der Waals surface area contributed by atoms with Gasteiger partial charge in [-0.3, -0.25) is 9.69 Å². The lowest BCUT2D eigenvalue weighted by atomic mass is 10.1. The van der Waals surface area contributed by atoms with Crippen LogP contribution in [0, 0.1) is 0 Å². The second-order valence-corrected chi connectivity index (χ2v) is 7.95. The minimum atomic E-state index is -1.06. The lowest BCUT2D eigenvalue weighted by molar-refractivity contribution is -0.144. The van der Waals surface area contributed by atoms with Crippen molar-refractivity contribution in [1.82, 2.24) is 9.88 Å². The molecule has 0 fully saturated rings. The number of methoxy groups -OCH3 is 2. The van der Waals surface area contributed by atoms with Gasteiger partial charge in [-0.25, -0.2) is 9.78 Å². The topological polar surface area (TPSA) is 98.2 Å². The number of carboxylic acids is 1. The predicted octanol–water partition coefficient (Wildman–Crippen LogP) is 3.19. The van der Waals surface area contributed by atoms with Crippen molar-refractivity contribution in [2.45, 2.75) is 20.0 Å². The fraction of sp³-hybridized carbons (Fsp3) is 0.389. The number of rotatable bonds is 10. The van der Waals surface area contributed by atoms with Crippen molar-refractivity contribution in [3.8, 4) is 11.5 Å². The molecule has 1 N–H and O–H groups in total. The number of esters is 1. The Morgan fingerprint density at radius 1 is 1.25 bits per heavy atom. The third-order valence-electron chi connectivity index (χ3n) is 3.79. The van der Waals surface area contributed by atoms with E-state index in [-0.39, 0.29) is 24.6 Å². The molecule has 28 heavy (non-hydrogen) atoms. The van der Waals surface area contributed by atoms with Crippen LogP contribution < -0.4 is 9.47 Å². The van der Waals surface area contributed by atoms with Crippen LogP contribution in [0.25, 0.3) is 0 Å². The summed E-state index contributed by atoms with van der Waals surface area (Å²) in [7, 11) is 3.11. The average Bonchev–Trinajstić information content (AvgIpc) is 3.02. The highest BCUT2D eigenvalue weighted by Crippen LogP contribution is 2.28. The minimum Gasteiger partial charge on any atom is -0.497 e. The van der Waals surface area contributed by atoms with Crippen LogP contribution in [0.4, 0.5) is 0 Å². The Bertz CT molecular complexity index is 841. The van der Waals surface area contributed by atoms with E-state index in [9.17, 15) is 14.7 Å². The number of aromatic carboxylic acids is 1. The fourth-order valence-electron chi connectivity index (χ4n) is 2.59. The summed E-state index contributed by atoms with van der Waals surface area (Å²) in [4.78, 5) is 29.7. The fourth-order valence-corrected chi connectivity index (χ4v) is 3.93. The highest BCUT2D eigenvalue weighted by molar-refractivity contribution is 9.11. The van der Waals surface area contributed by atoms with E-state index in [1.54, 1.807) is 38.2 Å². The number of carbonyl (C=O) groups excluding carboxylic acids is 1. The first-order valence-electron chi connectivity index (χ1n) is 8.35. The Morgan fingerprint density at radius 3 is 2.61 bits per heavy atom. The number of hydrogen-bond donors (Lipinski definition) is 1. The van der Waals surface area contributed by atoms with Gasteiger partial charge in [0, 0.05) is 24.7 Å². The summed E-state index contributed by atoms with van der Waals surface area (Å²) in [6.45, 7) is 2.48. The molecule has 0 aliphatic carbocycles. The zero-order valence-corrected chi connectivity index (χ0v) is 18.1. The number of halogens is 1. The Kier molecular flexibility index (Phi) is 8.21. The van der Waals surface area contributed by atoms with Crippen molar-refractivity contribution in [1.29, 1.82) is 0 Å². The number of thiazole rings is 1. The lowest BCUT2D eigenvalue weighted by Gasteiger charge is -2.22. The SMILES string of the molecule is CCOC(=O)CN(Cc1ccc(OC)cc1OC)Cc1nc(Br)sc1C(=O)O. The molecule has 2 rings (SSSR count). The molecule has 0 radical (unpaired) electrons. The summed E-state index contributed by atoms with van der Waals surface area (Å²) < 4.78 is 16.1. The maximum Gasteiger partial charge on any atom is 0.347 e. The normalized spacial score (nSPS) is 10.8. The lowest BCUT2D eigenvalue weighted by Crippen LogP contribution is -2.31. The van der Waals surface area contributed by atoms with E-state index < -0.39 is 11.9 Å². The predicted molar refractivity (Wildman–Crippen MR) is 107 cm³/mol. The van der Waals surface area contributed by atoms with Crippen LogP contribution in [-0.2, 0) is 22.6 Å². The number of benzene rings is 1. The van der Waals surface area contributed by atoms with Crippen LogP contribution in [0.3, 0.4) is 0 Å². The molecule has 10 heteroatoms. The van der Waals surface area contributed by atoms with Crippen LogP contribution in [0.5, 0.6) is 11.5 Å². The quantitative estimate of drug-likeness (QED) is 0.526. The van der Waals surface area contributed by atoms with Gasteiger partial charge in [0.15, 0.2) is 3.92 Å². The molecule has 0 amide bonds. The van der Waals surface area contributed by atoms with E-state index in [0.29, 0.717) is 27.7 Å². The van der Waals surface area contributed by atoms with E-state index in [1.807, 2.05) is 6.07 Å². The zero-order chi connectivity index (χ0) is 20.7. The second kappa shape index (κ2) is 10.4. The molecule has 0 aliphatic heterocycles. The third kappa shape index (κ3) is 5.91. The summed E-state index contributed by atoms with van der Waals surface area (Å²) in [5, 5.41) is 9.39. The molecule has 0 unspecified atom stereocenters. The van der Waals surface area contributed by atoms with Gasteiger partial charge in [-0.15, -0.1) is 0 Å². The zero-order valence-electron chi connectivity index (χ0n) is 15.7. The van der Waals surface area contributed by atoms with E-state index >= 15 is 0 Å². The molecule has 8 nitrogen and oxygen atoms in total. The number of ether oxygens (including phenoxy) is 3. The highest BCUT2D eigenvalue weighted by atomic mass is 79.9. The standard InChI is InChI=1S/C18H21BrN2O6S/c1-4-27-15(22)10-21(9-13-16(17(23)24)28-18(19)20-13)8-11-5-6-12(25-2)7-14(11)26-3/h5-7H,4,8-10H2,1-3H3,(H,23,24). The molecule has 0 aliphatic rings. The van der Waals surface area contributed by atoms with Gasteiger partial charge in [0.1, 0.15) is 16.4 Å².